The molecule has 1 aliphatic heterocycles. The molecule has 0 fully saturated rings. The number of hydrogen-bond donors (Lipinski definition) is 1. The van der Waals surface area contributed by atoms with Gasteiger partial charge in [-0.15, -0.1) is 0 Å². The zero-order valence-corrected chi connectivity index (χ0v) is 14.5. The lowest BCUT2D eigenvalue weighted by Gasteiger charge is -2.11. The summed E-state index contributed by atoms with van der Waals surface area (Å²) in [4.78, 5) is 12.4. The van der Waals surface area contributed by atoms with Crippen molar-refractivity contribution in [1.82, 2.24) is 4.57 Å². The molecular formula is C22H17FN2O2. The van der Waals surface area contributed by atoms with Crippen LogP contribution >= 0.6 is 0 Å². The number of carbonyl (C=O) groups is 1. The average Bonchev–Trinajstić information content (AvgIpc) is 3.26. The van der Waals surface area contributed by atoms with Gasteiger partial charge in [0.1, 0.15) is 11.6 Å². The first-order valence-electron chi connectivity index (χ1n) is 8.88. The Balaban J connectivity index is 1.69. The van der Waals surface area contributed by atoms with Gasteiger partial charge in [-0.1, -0.05) is 18.2 Å². The predicted molar refractivity (Wildman–Crippen MR) is 101 cm³/mol. The lowest BCUT2D eigenvalue weighted by Crippen LogP contribution is -2.13. The van der Waals surface area contributed by atoms with E-state index < -0.39 is 0 Å². The van der Waals surface area contributed by atoms with Crippen molar-refractivity contribution in [3.63, 3.8) is 0 Å². The number of halogens is 1. The molecule has 27 heavy (non-hydrogen) atoms. The Morgan fingerprint density at radius 3 is 2.85 bits per heavy atom. The number of amides is 1. The highest BCUT2D eigenvalue weighted by Gasteiger charge is 2.29. The lowest BCUT2D eigenvalue weighted by atomic mass is 9.93. The number of benzene rings is 2. The van der Waals surface area contributed by atoms with Crippen LogP contribution in [0, 0.1) is 5.82 Å². The van der Waals surface area contributed by atoms with Crippen LogP contribution in [0.25, 0.3) is 10.9 Å². The molecule has 0 unspecified atom stereocenters. The van der Waals surface area contributed by atoms with Gasteiger partial charge in [-0.25, -0.2) is 4.39 Å². The van der Waals surface area contributed by atoms with Crippen LogP contribution in [0.5, 0.6) is 0 Å². The van der Waals surface area contributed by atoms with E-state index >= 15 is 0 Å². The van der Waals surface area contributed by atoms with Gasteiger partial charge in [0.05, 0.1) is 23.4 Å². The van der Waals surface area contributed by atoms with E-state index in [-0.39, 0.29) is 17.6 Å². The summed E-state index contributed by atoms with van der Waals surface area (Å²) >= 11 is 0. The number of nitrogens with zero attached hydrogens (tertiary/aromatic N) is 1. The van der Waals surface area contributed by atoms with Gasteiger partial charge < -0.3 is 14.3 Å². The molecule has 3 heterocycles. The van der Waals surface area contributed by atoms with Crippen LogP contribution < -0.4 is 5.32 Å². The van der Waals surface area contributed by atoms with Crippen LogP contribution in [-0.2, 0) is 11.3 Å². The number of furan rings is 1. The summed E-state index contributed by atoms with van der Waals surface area (Å²) in [6, 6.07) is 16.2. The molecule has 5 rings (SSSR count). The normalized spacial score (nSPS) is 16.3. The Kier molecular flexibility index (Phi) is 3.60. The van der Waals surface area contributed by atoms with Gasteiger partial charge in [-0.3, -0.25) is 4.79 Å². The number of rotatable bonds is 3. The van der Waals surface area contributed by atoms with Crippen molar-refractivity contribution in [2.45, 2.75) is 18.9 Å². The van der Waals surface area contributed by atoms with Crippen LogP contribution in [0.1, 0.15) is 29.2 Å². The molecule has 2 aromatic carbocycles. The third-order valence-electron chi connectivity index (χ3n) is 5.10. The molecule has 0 spiro atoms. The van der Waals surface area contributed by atoms with Crippen LogP contribution in [0.4, 0.5) is 10.1 Å². The number of aromatic nitrogens is 1. The average molecular weight is 360 g/mol. The maximum Gasteiger partial charge on any atom is 0.225 e. The van der Waals surface area contributed by atoms with Crippen LogP contribution in [0.15, 0.2) is 71.5 Å². The molecular weight excluding hydrogens is 343 g/mol. The van der Waals surface area contributed by atoms with Gasteiger partial charge in [-0.2, -0.15) is 0 Å². The number of anilines is 1. The van der Waals surface area contributed by atoms with Gasteiger partial charge in [0.2, 0.25) is 5.91 Å². The van der Waals surface area contributed by atoms with E-state index in [4.69, 9.17) is 4.42 Å². The Morgan fingerprint density at radius 1 is 1.15 bits per heavy atom. The van der Waals surface area contributed by atoms with Crippen molar-refractivity contribution < 1.29 is 13.6 Å². The molecule has 0 radical (unpaired) electrons. The largest absolute Gasteiger partial charge is 0.469 e. The molecule has 1 amide bonds. The summed E-state index contributed by atoms with van der Waals surface area (Å²) in [5, 5.41) is 4.03. The second-order valence-corrected chi connectivity index (χ2v) is 6.86. The molecule has 1 atom stereocenters. The third-order valence-corrected chi connectivity index (χ3v) is 5.10. The molecule has 0 aliphatic carbocycles. The summed E-state index contributed by atoms with van der Waals surface area (Å²) in [6.45, 7) is 0.552. The number of hydrogen-bond acceptors (Lipinski definition) is 2. The first-order chi connectivity index (χ1) is 13.2. The van der Waals surface area contributed by atoms with E-state index in [0.717, 1.165) is 33.5 Å². The van der Waals surface area contributed by atoms with Crippen molar-refractivity contribution in [2.24, 2.45) is 0 Å². The Hall–Kier alpha value is -3.34. The van der Waals surface area contributed by atoms with Crippen LogP contribution in [0.2, 0.25) is 0 Å². The smallest absolute Gasteiger partial charge is 0.225 e. The Morgan fingerprint density at radius 2 is 2.04 bits per heavy atom. The molecule has 2 aromatic heterocycles. The van der Waals surface area contributed by atoms with E-state index in [9.17, 15) is 9.18 Å². The molecule has 134 valence electrons. The minimum Gasteiger partial charge on any atom is -0.469 e. The first-order valence-corrected chi connectivity index (χ1v) is 8.88. The number of carbonyl (C=O) groups excluding carboxylic acids is 1. The summed E-state index contributed by atoms with van der Waals surface area (Å²) in [7, 11) is 0. The topological polar surface area (TPSA) is 47.2 Å². The van der Waals surface area contributed by atoms with Gasteiger partial charge in [0.25, 0.3) is 0 Å². The Bertz CT molecular complexity index is 1140. The molecule has 0 saturated carbocycles. The van der Waals surface area contributed by atoms with Crippen LogP contribution in [-0.4, -0.2) is 10.5 Å². The molecule has 4 aromatic rings. The van der Waals surface area contributed by atoms with Crippen molar-refractivity contribution in [1.29, 1.82) is 0 Å². The number of nitrogens with one attached hydrogen (secondary N) is 1. The molecule has 1 aliphatic rings. The fourth-order valence-corrected chi connectivity index (χ4v) is 3.96. The standard InChI is InChI=1S/C22H17FN2O2/c23-15-5-1-4-14(10-15)12-25-13-17-16(20-8-3-9-27-20)11-21(26)24-18-6-2-7-19(25)22(17)18/h1-10,13,16H,11-12H2,(H,24,26)/t16-/m0/s1. The predicted octanol–water partition coefficient (Wildman–Crippen LogP) is 4.90. The summed E-state index contributed by atoms with van der Waals surface area (Å²) in [6.07, 6.45) is 4.01. The van der Waals surface area contributed by atoms with Crippen LogP contribution in [0.3, 0.4) is 0 Å². The zero-order valence-electron chi connectivity index (χ0n) is 14.5. The highest BCUT2D eigenvalue weighted by molar-refractivity contribution is 6.05. The minimum absolute atomic E-state index is 0.0308. The second-order valence-electron chi connectivity index (χ2n) is 6.86. The van der Waals surface area contributed by atoms with Crippen molar-refractivity contribution in [3.05, 3.63) is 89.8 Å². The summed E-state index contributed by atoms with van der Waals surface area (Å²) in [5.41, 5.74) is 3.75. The highest BCUT2D eigenvalue weighted by atomic mass is 19.1. The summed E-state index contributed by atoms with van der Waals surface area (Å²) in [5.74, 6) is 0.343. The maximum absolute atomic E-state index is 13.6. The van der Waals surface area contributed by atoms with E-state index in [1.54, 1.807) is 18.4 Å². The summed E-state index contributed by atoms with van der Waals surface area (Å²) < 4.78 is 21.3. The van der Waals surface area contributed by atoms with Crippen molar-refractivity contribution in [3.8, 4) is 0 Å². The van der Waals surface area contributed by atoms with E-state index in [0.29, 0.717) is 13.0 Å². The van der Waals surface area contributed by atoms with E-state index in [1.807, 2.05) is 36.4 Å². The monoisotopic (exact) mass is 360 g/mol. The van der Waals surface area contributed by atoms with E-state index in [1.165, 1.54) is 6.07 Å². The molecule has 4 nitrogen and oxygen atoms in total. The van der Waals surface area contributed by atoms with Gasteiger partial charge in [0, 0.05) is 24.5 Å². The van der Waals surface area contributed by atoms with Gasteiger partial charge >= 0.3 is 0 Å². The van der Waals surface area contributed by atoms with Crippen molar-refractivity contribution in [2.75, 3.05) is 5.32 Å². The van der Waals surface area contributed by atoms with Gasteiger partial charge in [0.15, 0.2) is 0 Å². The maximum atomic E-state index is 13.6. The third kappa shape index (κ3) is 2.72. The second kappa shape index (κ2) is 6.13. The molecule has 0 saturated heterocycles. The highest BCUT2D eigenvalue weighted by Crippen LogP contribution is 2.41. The fraction of sp³-hybridized carbons (Fsp3) is 0.136. The van der Waals surface area contributed by atoms with Gasteiger partial charge in [-0.05, 0) is 47.5 Å². The molecule has 5 heteroatoms. The zero-order chi connectivity index (χ0) is 18.4. The molecule has 0 bridgehead atoms. The first kappa shape index (κ1) is 15.9. The minimum atomic E-state index is -0.244. The quantitative estimate of drug-likeness (QED) is 0.565. The Labute approximate surface area is 155 Å². The SMILES string of the molecule is O=C1C[C@H](c2ccco2)c2cn(Cc3cccc(F)c3)c3cccc(c23)N1. The fourth-order valence-electron chi connectivity index (χ4n) is 3.96. The lowest BCUT2D eigenvalue weighted by molar-refractivity contribution is -0.116. The molecule has 1 N–H and O–H groups in total. The van der Waals surface area contributed by atoms with E-state index in [2.05, 4.69) is 16.1 Å². The van der Waals surface area contributed by atoms with Crippen molar-refractivity contribution >= 4 is 22.5 Å².